The minimum Gasteiger partial charge on any atom is -0.497 e. The third-order valence-corrected chi connectivity index (χ3v) is 6.38. The first-order valence-electron chi connectivity index (χ1n) is 12.1. The van der Waals surface area contributed by atoms with E-state index in [9.17, 15) is 9.59 Å². The number of rotatable bonds is 10. The van der Waals surface area contributed by atoms with E-state index in [1.165, 1.54) is 7.11 Å². The van der Waals surface area contributed by atoms with Crippen molar-refractivity contribution >= 4 is 29.1 Å². The van der Waals surface area contributed by atoms with Gasteiger partial charge in [-0.15, -0.1) is 0 Å². The molecule has 0 saturated heterocycles. The molecule has 2 amide bonds. The van der Waals surface area contributed by atoms with Crippen molar-refractivity contribution in [2.24, 2.45) is 0 Å². The van der Waals surface area contributed by atoms with E-state index in [4.69, 9.17) is 21.1 Å². The fourth-order valence-corrected chi connectivity index (χ4v) is 4.32. The van der Waals surface area contributed by atoms with Crippen molar-refractivity contribution in [3.63, 3.8) is 0 Å². The van der Waals surface area contributed by atoms with Gasteiger partial charge in [0.25, 0.3) is 5.91 Å². The highest BCUT2D eigenvalue weighted by atomic mass is 35.5. The Kier molecular flexibility index (Phi) is 9.01. The van der Waals surface area contributed by atoms with Crippen molar-refractivity contribution in [1.29, 1.82) is 0 Å². The topological polar surface area (TPSA) is 67.9 Å². The maximum Gasteiger partial charge on any atom is 0.251 e. The zero-order valence-corrected chi connectivity index (χ0v) is 22.0. The second-order valence-corrected chi connectivity index (χ2v) is 9.12. The van der Waals surface area contributed by atoms with Gasteiger partial charge in [-0.1, -0.05) is 84.4 Å². The number of halogens is 1. The lowest BCUT2D eigenvalue weighted by molar-refractivity contribution is -0.139. The molecule has 0 saturated carbocycles. The first kappa shape index (κ1) is 26.8. The number of methoxy groups -OCH3 is 2. The SMILES string of the molecule is COc1ccc(NC(=O)C(c2ccc(Cl)cc2)N(Cc2ccccc2)C(=O)Cc2ccccc2)c(OC)c1. The van der Waals surface area contributed by atoms with Crippen LogP contribution in [-0.4, -0.2) is 30.9 Å². The number of hydrogen-bond acceptors (Lipinski definition) is 4. The van der Waals surface area contributed by atoms with Crippen molar-refractivity contribution in [2.75, 3.05) is 19.5 Å². The molecule has 0 aliphatic carbocycles. The summed E-state index contributed by atoms with van der Waals surface area (Å²) in [6, 6.07) is 30.3. The summed E-state index contributed by atoms with van der Waals surface area (Å²) in [7, 11) is 3.08. The van der Waals surface area contributed by atoms with Crippen LogP contribution in [0.25, 0.3) is 0 Å². The van der Waals surface area contributed by atoms with Crippen LogP contribution in [-0.2, 0) is 22.6 Å². The van der Waals surface area contributed by atoms with Crippen molar-refractivity contribution < 1.29 is 19.1 Å². The average Bonchev–Trinajstić information content (AvgIpc) is 2.95. The average molecular weight is 529 g/mol. The molecule has 1 atom stereocenters. The molecule has 1 N–H and O–H groups in total. The van der Waals surface area contributed by atoms with Crippen LogP contribution in [0.4, 0.5) is 5.69 Å². The first-order valence-corrected chi connectivity index (χ1v) is 12.5. The zero-order valence-electron chi connectivity index (χ0n) is 21.3. The number of carbonyl (C=O) groups is 2. The monoisotopic (exact) mass is 528 g/mol. The molecule has 0 heterocycles. The van der Waals surface area contributed by atoms with E-state index in [2.05, 4.69) is 5.32 Å². The van der Waals surface area contributed by atoms with E-state index in [1.54, 1.807) is 54.5 Å². The Balaban J connectivity index is 1.75. The molecule has 1 unspecified atom stereocenters. The van der Waals surface area contributed by atoms with Gasteiger partial charge in [-0.25, -0.2) is 0 Å². The zero-order chi connectivity index (χ0) is 26.9. The molecule has 0 bridgehead atoms. The normalized spacial score (nSPS) is 11.3. The second kappa shape index (κ2) is 12.8. The van der Waals surface area contributed by atoms with E-state index < -0.39 is 6.04 Å². The number of hydrogen-bond donors (Lipinski definition) is 1. The van der Waals surface area contributed by atoms with Gasteiger partial charge in [-0.3, -0.25) is 9.59 Å². The Morgan fingerprint density at radius 2 is 1.45 bits per heavy atom. The second-order valence-electron chi connectivity index (χ2n) is 8.68. The van der Waals surface area contributed by atoms with Gasteiger partial charge in [-0.2, -0.15) is 0 Å². The van der Waals surface area contributed by atoms with Crippen LogP contribution < -0.4 is 14.8 Å². The van der Waals surface area contributed by atoms with Gasteiger partial charge in [-0.05, 0) is 41.0 Å². The summed E-state index contributed by atoms with van der Waals surface area (Å²) >= 11 is 6.16. The maximum absolute atomic E-state index is 14.0. The molecular formula is C31H29ClN2O4. The quantitative estimate of drug-likeness (QED) is 0.262. The number of anilines is 1. The third kappa shape index (κ3) is 6.72. The van der Waals surface area contributed by atoms with Crippen molar-refractivity contribution in [3.05, 3.63) is 125 Å². The molecule has 4 aromatic rings. The highest BCUT2D eigenvalue weighted by molar-refractivity contribution is 6.30. The molecule has 4 rings (SSSR count). The smallest absolute Gasteiger partial charge is 0.251 e. The van der Waals surface area contributed by atoms with Crippen LogP contribution in [0.5, 0.6) is 11.5 Å². The summed E-state index contributed by atoms with van der Waals surface area (Å²) < 4.78 is 10.8. The highest BCUT2D eigenvalue weighted by Crippen LogP contribution is 2.32. The number of amides is 2. The minimum atomic E-state index is -0.935. The highest BCUT2D eigenvalue weighted by Gasteiger charge is 2.32. The molecule has 0 radical (unpaired) electrons. The predicted molar refractivity (Wildman–Crippen MR) is 150 cm³/mol. The van der Waals surface area contributed by atoms with E-state index in [0.29, 0.717) is 27.8 Å². The molecule has 0 aliphatic heterocycles. The van der Waals surface area contributed by atoms with Gasteiger partial charge in [0.1, 0.15) is 17.5 Å². The molecule has 194 valence electrons. The Hall–Kier alpha value is -4.29. The van der Waals surface area contributed by atoms with Gasteiger partial charge >= 0.3 is 0 Å². The van der Waals surface area contributed by atoms with Crippen LogP contribution in [0.2, 0.25) is 5.02 Å². The fraction of sp³-hybridized carbons (Fsp3) is 0.161. The molecule has 6 nitrogen and oxygen atoms in total. The van der Waals surface area contributed by atoms with Gasteiger partial charge in [0, 0.05) is 17.6 Å². The lowest BCUT2D eigenvalue weighted by Crippen LogP contribution is -2.41. The molecule has 7 heteroatoms. The largest absolute Gasteiger partial charge is 0.497 e. The van der Waals surface area contributed by atoms with Gasteiger partial charge in [0.2, 0.25) is 5.91 Å². The van der Waals surface area contributed by atoms with E-state index in [0.717, 1.165) is 11.1 Å². The molecule has 4 aromatic carbocycles. The maximum atomic E-state index is 14.0. The van der Waals surface area contributed by atoms with Crippen LogP contribution in [0, 0.1) is 0 Å². The molecule has 0 fully saturated rings. The van der Waals surface area contributed by atoms with Crippen molar-refractivity contribution in [3.8, 4) is 11.5 Å². The fourth-order valence-electron chi connectivity index (χ4n) is 4.20. The van der Waals surface area contributed by atoms with E-state index in [1.807, 2.05) is 60.7 Å². The van der Waals surface area contributed by atoms with Crippen LogP contribution >= 0.6 is 11.6 Å². The molecular weight excluding hydrogens is 500 g/mol. The summed E-state index contributed by atoms with van der Waals surface area (Å²) in [6.45, 7) is 0.243. The summed E-state index contributed by atoms with van der Waals surface area (Å²) in [5.41, 5.74) is 2.87. The van der Waals surface area contributed by atoms with E-state index >= 15 is 0 Å². The third-order valence-electron chi connectivity index (χ3n) is 6.13. The van der Waals surface area contributed by atoms with E-state index in [-0.39, 0.29) is 24.8 Å². The number of benzene rings is 4. The Bertz CT molecular complexity index is 1360. The van der Waals surface area contributed by atoms with Crippen LogP contribution in [0.15, 0.2) is 103 Å². The van der Waals surface area contributed by atoms with Crippen molar-refractivity contribution in [1.82, 2.24) is 4.90 Å². The Morgan fingerprint density at radius 1 is 0.816 bits per heavy atom. The summed E-state index contributed by atoms with van der Waals surface area (Å²) in [4.78, 5) is 29.4. The molecule has 0 spiro atoms. The summed E-state index contributed by atoms with van der Waals surface area (Å²) in [5, 5.41) is 3.50. The molecule has 0 aromatic heterocycles. The minimum absolute atomic E-state index is 0.150. The lowest BCUT2D eigenvalue weighted by Gasteiger charge is -2.32. The number of nitrogens with zero attached hydrogens (tertiary/aromatic N) is 1. The Labute approximate surface area is 227 Å². The van der Waals surface area contributed by atoms with Crippen LogP contribution in [0.1, 0.15) is 22.7 Å². The number of carbonyl (C=O) groups excluding carboxylic acids is 2. The standard InChI is InChI=1S/C31H29ClN2O4/c1-37-26-17-18-27(28(20-26)38-2)33-31(36)30(24-13-15-25(32)16-14-24)34(21-23-11-7-4-8-12-23)29(35)19-22-9-5-3-6-10-22/h3-18,20,30H,19,21H2,1-2H3,(H,33,36). The summed E-state index contributed by atoms with van der Waals surface area (Å²) in [6.07, 6.45) is 0.150. The lowest BCUT2D eigenvalue weighted by atomic mass is 10.0. The molecule has 0 aliphatic rings. The van der Waals surface area contributed by atoms with Crippen LogP contribution in [0.3, 0.4) is 0 Å². The van der Waals surface area contributed by atoms with Gasteiger partial charge in [0.15, 0.2) is 0 Å². The number of ether oxygens (including phenoxy) is 2. The van der Waals surface area contributed by atoms with Crippen molar-refractivity contribution in [2.45, 2.75) is 19.0 Å². The van der Waals surface area contributed by atoms with Gasteiger partial charge < -0.3 is 19.7 Å². The number of nitrogens with one attached hydrogen (secondary N) is 1. The van der Waals surface area contributed by atoms with Gasteiger partial charge in [0.05, 0.1) is 26.3 Å². The Morgan fingerprint density at radius 3 is 2.05 bits per heavy atom. The predicted octanol–water partition coefficient (Wildman–Crippen LogP) is 6.31. The first-order chi connectivity index (χ1) is 18.5. The summed E-state index contributed by atoms with van der Waals surface area (Å²) in [5.74, 6) is 0.473. The molecule has 38 heavy (non-hydrogen) atoms.